The first-order valence-corrected chi connectivity index (χ1v) is 13.0. The van der Waals surface area contributed by atoms with E-state index >= 15 is 0 Å². The Bertz CT molecular complexity index is 569. The summed E-state index contributed by atoms with van der Waals surface area (Å²) in [7, 11) is -11.8. The van der Waals surface area contributed by atoms with Crippen LogP contribution in [0.2, 0.25) is 0 Å². The minimum Gasteiger partial charge on any atom is -0.418 e. The van der Waals surface area contributed by atoms with Crippen molar-refractivity contribution in [3.8, 4) is 0 Å². The lowest BCUT2D eigenvalue weighted by Crippen LogP contribution is -2.28. The van der Waals surface area contributed by atoms with E-state index in [-0.39, 0.29) is 15.8 Å². The van der Waals surface area contributed by atoms with E-state index in [4.69, 9.17) is 0 Å². The predicted octanol–water partition coefficient (Wildman–Crippen LogP) is 7.64. The molecule has 0 radical (unpaired) electrons. The maximum absolute atomic E-state index is 9.75. The molecule has 30 heavy (non-hydrogen) atoms. The van der Waals surface area contributed by atoms with E-state index in [1.807, 2.05) is 0 Å². The lowest BCUT2D eigenvalue weighted by Gasteiger charge is -2.30. The Morgan fingerprint density at radius 1 is 0.567 bits per heavy atom. The SMILES string of the molecule is CC1CCC(C)P1c1ccccc1P1C(C)CCC1C.F[B-](F)(F)F.F[B-](F)(F)F. The van der Waals surface area contributed by atoms with Gasteiger partial charge >= 0.3 is 14.5 Å². The molecule has 0 nitrogen and oxygen atoms in total. The van der Waals surface area contributed by atoms with Crippen molar-refractivity contribution >= 4 is 41.0 Å². The molecule has 0 N–H and O–H groups in total. The molecule has 4 unspecified atom stereocenters. The number of hydrogen-bond donors (Lipinski definition) is 0. The lowest BCUT2D eigenvalue weighted by molar-refractivity contribution is 0.366. The molecule has 1 aromatic rings. The van der Waals surface area contributed by atoms with E-state index in [0.29, 0.717) is 0 Å². The van der Waals surface area contributed by atoms with Crippen molar-refractivity contribution in [1.29, 1.82) is 0 Å². The van der Waals surface area contributed by atoms with Gasteiger partial charge in [0.25, 0.3) is 0 Å². The molecule has 0 aromatic heterocycles. The zero-order chi connectivity index (χ0) is 23.3. The number of rotatable bonds is 2. The predicted molar refractivity (Wildman–Crippen MR) is 116 cm³/mol. The first-order chi connectivity index (χ1) is 13.6. The second-order valence-electron chi connectivity index (χ2n) is 7.84. The number of benzene rings is 1. The maximum Gasteiger partial charge on any atom is 0.673 e. The van der Waals surface area contributed by atoms with Crippen LogP contribution in [-0.2, 0) is 0 Å². The van der Waals surface area contributed by atoms with Crippen LogP contribution in [0.4, 0.5) is 34.5 Å². The van der Waals surface area contributed by atoms with Gasteiger partial charge in [0, 0.05) is 0 Å². The van der Waals surface area contributed by atoms with Gasteiger partial charge in [-0.2, -0.15) is 0 Å². The molecule has 3 rings (SSSR count). The molecule has 0 amide bonds. The van der Waals surface area contributed by atoms with E-state index in [2.05, 4.69) is 52.0 Å². The molecule has 174 valence electrons. The Morgan fingerprint density at radius 3 is 0.967 bits per heavy atom. The van der Waals surface area contributed by atoms with Crippen LogP contribution >= 0.6 is 15.8 Å². The molecule has 0 spiro atoms. The van der Waals surface area contributed by atoms with E-state index in [1.54, 1.807) is 10.6 Å². The quantitative estimate of drug-likeness (QED) is 0.232. The van der Waals surface area contributed by atoms with Gasteiger partial charge in [0.1, 0.15) is 0 Å². The van der Waals surface area contributed by atoms with Gasteiger partial charge in [0.2, 0.25) is 0 Å². The van der Waals surface area contributed by atoms with Crippen molar-refractivity contribution < 1.29 is 34.5 Å². The summed E-state index contributed by atoms with van der Waals surface area (Å²) in [6, 6.07) is 9.55. The smallest absolute Gasteiger partial charge is 0.418 e. The molecule has 2 aliphatic heterocycles. The zero-order valence-corrected chi connectivity index (χ0v) is 19.3. The van der Waals surface area contributed by atoms with Gasteiger partial charge in [0.05, 0.1) is 0 Å². The van der Waals surface area contributed by atoms with Crippen molar-refractivity contribution in [2.24, 2.45) is 0 Å². The first kappa shape index (κ1) is 27.7. The average molecular weight is 480 g/mol. The Hall–Kier alpha value is -0.350. The molecule has 0 bridgehead atoms. The van der Waals surface area contributed by atoms with Gasteiger partial charge < -0.3 is 34.5 Å². The Balaban J connectivity index is 0.000000378. The van der Waals surface area contributed by atoms with Crippen LogP contribution in [0.25, 0.3) is 0 Å². The van der Waals surface area contributed by atoms with Gasteiger partial charge in [-0.05, 0) is 58.9 Å². The van der Waals surface area contributed by atoms with Crippen LogP contribution in [0.1, 0.15) is 53.4 Å². The third-order valence-electron chi connectivity index (χ3n) is 5.34. The summed E-state index contributed by atoms with van der Waals surface area (Å²) in [6.07, 6.45) is 5.79. The Labute approximate surface area is 176 Å². The van der Waals surface area contributed by atoms with Gasteiger partial charge in [-0.25, -0.2) is 0 Å². The zero-order valence-electron chi connectivity index (χ0n) is 17.5. The Morgan fingerprint density at radius 2 is 0.767 bits per heavy atom. The second kappa shape index (κ2) is 11.5. The van der Waals surface area contributed by atoms with Crippen molar-refractivity contribution in [2.45, 2.75) is 76.0 Å². The van der Waals surface area contributed by atoms with Crippen LogP contribution in [-0.4, -0.2) is 37.1 Å². The van der Waals surface area contributed by atoms with Crippen LogP contribution in [0, 0.1) is 0 Å². The molecule has 12 heteroatoms. The molecule has 0 aliphatic carbocycles. The molecule has 2 fully saturated rings. The molecular weight excluding hydrogens is 452 g/mol. The molecular formula is C18H28B2F8P2-2. The fraction of sp³-hybridized carbons (Fsp3) is 0.667. The molecule has 4 atom stereocenters. The van der Waals surface area contributed by atoms with Crippen molar-refractivity contribution in [3.63, 3.8) is 0 Å². The first-order valence-electron chi connectivity index (χ1n) is 10.00. The molecule has 2 aliphatic rings. The molecule has 1 aromatic carbocycles. The van der Waals surface area contributed by atoms with Gasteiger partial charge in [-0.1, -0.05) is 67.8 Å². The molecule has 2 saturated heterocycles. The third kappa shape index (κ3) is 9.85. The Kier molecular flexibility index (Phi) is 10.6. The lowest BCUT2D eigenvalue weighted by atomic mass is 10.2. The highest BCUT2D eigenvalue weighted by atomic mass is 31.1. The summed E-state index contributed by atoms with van der Waals surface area (Å²) in [6.45, 7) is 10.0. The van der Waals surface area contributed by atoms with Crippen LogP contribution in [0.15, 0.2) is 24.3 Å². The fourth-order valence-corrected chi connectivity index (χ4v) is 11.5. The second-order valence-corrected chi connectivity index (χ2v) is 14.0. The van der Waals surface area contributed by atoms with Crippen molar-refractivity contribution in [3.05, 3.63) is 24.3 Å². The van der Waals surface area contributed by atoms with Crippen LogP contribution < -0.4 is 10.6 Å². The molecule has 0 saturated carbocycles. The van der Waals surface area contributed by atoms with E-state index < -0.39 is 14.5 Å². The fourth-order valence-electron chi connectivity index (χ4n) is 4.24. The van der Waals surface area contributed by atoms with E-state index in [0.717, 1.165) is 22.6 Å². The van der Waals surface area contributed by atoms with Gasteiger partial charge in [-0.15, -0.1) is 0 Å². The summed E-state index contributed by atoms with van der Waals surface area (Å²) in [5.74, 6) is 0. The largest absolute Gasteiger partial charge is 0.673 e. The summed E-state index contributed by atoms with van der Waals surface area (Å²) in [5.41, 5.74) is 3.74. The summed E-state index contributed by atoms with van der Waals surface area (Å²) in [4.78, 5) is 0. The van der Waals surface area contributed by atoms with Crippen molar-refractivity contribution in [1.82, 2.24) is 0 Å². The van der Waals surface area contributed by atoms with Gasteiger partial charge in [0.15, 0.2) is 0 Å². The summed E-state index contributed by atoms with van der Waals surface area (Å²) >= 11 is 0. The van der Waals surface area contributed by atoms with Crippen LogP contribution in [0.5, 0.6) is 0 Å². The maximum atomic E-state index is 9.75. The highest BCUT2D eigenvalue weighted by molar-refractivity contribution is 7.73. The van der Waals surface area contributed by atoms with E-state index in [9.17, 15) is 34.5 Å². The topological polar surface area (TPSA) is 0 Å². The van der Waals surface area contributed by atoms with Crippen LogP contribution in [0.3, 0.4) is 0 Å². The summed E-state index contributed by atoms with van der Waals surface area (Å²) < 4.78 is 78.0. The van der Waals surface area contributed by atoms with E-state index in [1.165, 1.54) is 25.7 Å². The third-order valence-corrected chi connectivity index (χ3v) is 12.2. The normalized spacial score (nSPS) is 31.5. The minimum atomic E-state index is -6.00. The number of halogens is 8. The van der Waals surface area contributed by atoms with Gasteiger partial charge in [-0.3, -0.25) is 0 Å². The van der Waals surface area contributed by atoms with Crippen molar-refractivity contribution in [2.75, 3.05) is 0 Å². The monoisotopic (exact) mass is 480 g/mol. The average Bonchev–Trinajstić information content (AvgIpc) is 3.06. The standard InChI is InChI=1S/C18H28P2.2BF4/c1-13-9-10-14(2)19(13)17-7-5-6-8-18(17)20-15(3)11-12-16(20)4;2*2-1(3,4)5/h5-8,13-16H,9-12H2,1-4H3;;/q;2*-1. The number of hydrogen-bond acceptors (Lipinski definition) is 0. The summed E-state index contributed by atoms with van der Waals surface area (Å²) in [5, 5.41) is 3.57. The highest BCUT2D eigenvalue weighted by Gasteiger charge is 2.37. The molecule has 2 heterocycles. The highest BCUT2D eigenvalue weighted by Crippen LogP contribution is 2.58. The minimum absolute atomic E-state index is 0.0785.